The number of rotatable bonds is 7. The van der Waals surface area contributed by atoms with Gasteiger partial charge in [-0.05, 0) is 13.8 Å². The van der Waals surface area contributed by atoms with E-state index in [4.69, 9.17) is 4.74 Å². The van der Waals surface area contributed by atoms with Crippen molar-refractivity contribution in [1.82, 2.24) is 10.2 Å². The van der Waals surface area contributed by atoms with Gasteiger partial charge in [0.25, 0.3) is 0 Å². The lowest BCUT2D eigenvalue weighted by molar-refractivity contribution is -0.133. The smallest absolute Gasteiger partial charge is 0.236 e. The van der Waals surface area contributed by atoms with Crippen LogP contribution in [0.5, 0.6) is 0 Å². The minimum atomic E-state index is 0.135. The maximum Gasteiger partial charge on any atom is 0.236 e. The zero-order valence-electron chi connectivity index (χ0n) is 10.5. The van der Waals surface area contributed by atoms with Crippen molar-refractivity contribution in [2.75, 3.05) is 26.8 Å². The van der Waals surface area contributed by atoms with E-state index in [1.54, 1.807) is 7.11 Å². The fraction of sp³-hybridized carbons (Fsp3) is 0.909. The molecular weight excluding hydrogens is 192 g/mol. The van der Waals surface area contributed by atoms with Crippen molar-refractivity contribution in [2.24, 2.45) is 0 Å². The number of nitrogens with one attached hydrogen (secondary N) is 1. The van der Waals surface area contributed by atoms with Crippen molar-refractivity contribution in [3.8, 4) is 0 Å². The molecule has 4 nitrogen and oxygen atoms in total. The number of carbonyl (C=O) groups excluding carboxylic acids is 1. The Bertz CT molecular complexity index is 183. The molecule has 0 aromatic carbocycles. The molecule has 90 valence electrons. The van der Waals surface area contributed by atoms with E-state index < -0.39 is 0 Å². The third-order valence-electron chi connectivity index (χ3n) is 2.26. The number of amides is 1. The van der Waals surface area contributed by atoms with E-state index in [1.165, 1.54) is 0 Å². The number of hydrogen-bond acceptors (Lipinski definition) is 3. The van der Waals surface area contributed by atoms with Crippen LogP contribution in [0.1, 0.15) is 27.7 Å². The Labute approximate surface area is 93.0 Å². The minimum Gasteiger partial charge on any atom is -0.383 e. The van der Waals surface area contributed by atoms with Crippen LogP contribution in [0.3, 0.4) is 0 Å². The van der Waals surface area contributed by atoms with Gasteiger partial charge in [-0.25, -0.2) is 0 Å². The predicted molar refractivity (Wildman–Crippen MR) is 61.9 cm³/mol. The van der Waals surface area contributed by atoms with E-state index in [-0.39, 0.29) is 11.9 Å². The van der Waals surface area contributed by atoms with Crippen LogP contribution in [-0.2, 0) is 9.53 Å². The van der Waals surface area contributed by atoms with E-state index in [2.05, 4.69) is 5.32 Å². The zero-order valence-corrected chi connectivity index (χ0v) is 10.5. The van der Waals surface area contributed by atoms with Gasteiger partial charge in [0.15, 0.2) is 0 Å². The number of carbonyl (C=O) groups is 1. The van der Waals surface area contributed by atoms with Crippen LogP contribution in [0.4, 0.5) is 0 Å². The molecule has 0 aliphatic carbocycles. The molecule has 1 atom stereocenters. The van der Waals surface area contributed by atoms with Gasteiger partial charge in [-0.2, -0.15) is 0 Å². The SMILES string of the molecule is CCN(C(=O)CNC(C)C)C(C)COC. The zero-order chi connectivity index (χ0) is 11.8. The van der Waals surface area contributed by atoms with Gasteiger partial charge in [0.2, 0.25) is 5.91 Å². The van der Waals surface area contributed by atoms with Crippen molar-refractivity contribution in [3.05, 3.63) is 0 Å². The van der Waals surface area contributed by atoms with Gasteiger partial charge in [0.1, 0.15) is 0 Å². The van der Waals surface area contributed by atoms with E-state index in [1.807, 2.05) is 32.6 Å². The van der Waals surface area contributed by atoms with Crippen LogP contribution < -0.4 is 5.32 Å². The van der Waals surface area contributed by atoms with Gasteiger partial charge in [-0.15, -0.1) is 0 Å². The molecule has 0 saturated carbocycles. The minimum absolute atomic E-state index is 0.135. The molecule has 0 aromatic heterocycles. The highest BCUT2D eigenvalue weighted by Crippen LogP contribution is 1.99. The predicted octanol–water partition coefficient (Wildman–Crippen LogP) is 0.868. The fourth-order valence-electron chi connectivity index (χ4n) is 1.46. The summed E-state index contributed by atoms with van der Waals surface area (Å²) in [5, 5.41) is 3.12. The molecule has 4 heteroatoms. The summed E-state index contributed by atoms with van der Waals surface area (Å²) in [4.78, 5) is 13.6. The number of hydrogen-bond donors (Lipinski definition) is 1. The van der Waals surface area contributed by atoms with Crippen LogP contribution in [0, 0.1) is 0 Å². The Balaban J connectivity index is 4.09. The van der Waals surface area contributed by atoms with Gasteiger partial charge in [0, 0.05) is 19.7 Å². The average molecular weight is 216 g/mol. The molecular formula is C11H24N2O2. The number of likely N-dealkylation sites (N-methyl/N-ethyl adjacent to an activating group) is 1. The quantitative estimate of drug-likeness (QED) is 0.686. The molecule has 15 heavy (non-hydrogen) atoms. The summed E-state index contributed by atoms with van der Waals surface area (Å²) >= 11 is 0. The summed E-state index contributed by atoms with van der Waals surface area (Å²) in [6, 6.07) is 0.479. The first kappa shape index (κ1) is 14.4. The van der Waals surface area contributed by atoms with Crippen LogP contribution >= 0.6 is 0 Å². The topological polar surface area (TPSA) is 41.6 Å². The molecule has 0 saturated heterocycles. The third kappa shape index (κ3) is 5.74. The van der Waals surface area contributed by atoms with Gasteiger partial charge < -0.3 is 15.0 Å². The summed E-state index contributed by atoms with van der Waals surface area (Å²) < 4.78 is 5.05. The third-order valence-corrected chi connectivity index (χ3v) is 2.26. The second kappa shape index (κ2) is 7.65. The highest BCUT2D eigenvalue weighted by Gasteiger charge is 2.17. The Hall–Kier alpha value is -0.610. The van der Waals surface area contributed by atoms with Crippen LogP contribution in [0.15, 0.2) is 0 Å². The van der Waals surface area contributed by atoms with Crippen LogP contribution in [0.2, 0.25) is 0 Å². The molecule has 0 aliphatic heterocycles. The largest absolute Gasteiger partial charge is 0.383 e. The van der Waals surface area contributed by atoms with E-state index in [0.29, 0.717) is 19.2 Å². The first-order valence-electron chi connectivity index (χ1n) is 5.54. The number of nitrogens with zero attached hydrogens (tertiary/aromatic N) is 1. The van der Waals surface area contributed by atoms with E-state index >= 15 is 0 Å². The van der Waals surface area contributed by atoms with Gasteiger partial charge in [0.05, 0.1) is 19.2 Å². The maximum absolute atomic E-state index is 11.8. The Morgan fingerprint density at radius 2 is 2.00 bits per heavy atom. The molecule has 1 N–H and O–H groups in total. The molecule has 0 bridgehead atoms. The molecule has 0 fully saturated rings. The molecule has 0 rings (SSSR count). The first-order valence-corrected chi connectivity index (χ1v) is 5.54. The highest BCUT2D eigenvalue weighted by atomic mass is 16.5. The standard InChI is InChI=1S/C11H24N2O2/c1-6-13(10(4)8-15-5)11(14)7-12-9(2)3/h9-10,12H,6-8H2,1-5H3. The average Bonchev–Trinajstić information content (AvgIpc) is 2.16. The fourth-order valence-corrected chi connectivity index (χ4v) is 1.46. The van der Waals surface area contributed by atoms with E-state index in [9.17, 15) is 4.79 Å². The van der Waals surface area contributed by atoms with Gasteiger partial charge >= 0.3 is 0 Å². The second-order valence-corrected chi connectivity index (χ2v) is 4.02. The summed E-state index contributed by atoms with van der Waals surface area (Å²) in [5.74, 6) is 0.135. The summed E-state index contributed by atoms with van der Waals surface area (Å²) in [6.07, 6.45) is 0. The molecule has 0 spiro atoms. The van der Waals surface area contributed by atoms with Crippen LogP contribution in [0.25, 0.3) is 0 Å². The van der Waals surface area contributed by atoms with Crippen molar-refractivity contribution in [1.29, 1.82) is 0 Å². The monoisotopic (exact) mass is 216 g/mol. The summed E-state index contributed by atoms with van der Waals surface area (Å²) in [7, 11) is 1.65. The molecule has 1 amide bonds. The normalized spacial score (nSPS) is 12.9. The molecule has 0 heterocycles. The molecule has 0 aliphatic rings. The van der Waals surface area contributed by atoms with E-state index in [0.717, 1.165) is 6.54 Å². The van der Waals surface area contributed by atoms with Crippen molar-refractivity contribution in [3.63, 3.8) is 0 Å². The van der Waals surface area contributed by atoms with Crippen molar-refractivity contribution in [2.45, 2.75) is 39.8 Å². The lowest BCUT2D eigenvalue weighted by atomic mass is 10.3. The Morgan fingerprint density at radius 3 is 2.40 bits per heavy atom. The summed E-state index contributed by atoms with van der Waals surface area (Å²) in [5.41, 5.74) is 0. The molecule has 0 aromatic rings. The van der Waals surface area contributed by atoms with Crippen molar-refractivity contribution >= 4 is 5.91 Å². The summed E-state index contributed by atoms with van der Waals surface area (Å²) in [6.45, 7) is 9.76. The highest BCUT2D eigenvalue weighted by molar-refractivity contribution is 5.78. The first-order chi connectivity index (χ1) is 7.02. The van der Waals surface area contributed by atoms with Crippen molar-refractivity contribution < 1.29 is 9.53 Å². The second-order valence-electron chi connectivity index (χ2n) is 4.02. The molecule has 0 radical (unpaired) electrons. The lowest BCUT2D eigenvalue weighted by Gasteiger charge is -2.28. The van der Waals surface area contributed by atoms with Gasteiger partial charge in [-0.3, -0.25) is 4.79 Å². The maximum atomic E-state index is 11.8. The number of methoxy groups -OCH3 is 1. The molecule has 1 unspecified atom stereocenters. The Morgan fingerprint density at radius 1 is 1.40 bits per heavy atom. The Kier molecular flexibility index (Phi) is 7.34. The lowest BCUT2D eigenvalue weighted by Crippen LogP contribution is -2.46. The van der Waals surface area contributed by atoms with Crippen LogP contribution in [-0.4, -0.2) is 49.7 Å². The number of ether oxygens (including phenoxy) is 1. The van der Waals surface area contributed by atoms with Gasteiger partial charge in [-0.1, -0.05) is 13.8 Å².